The van der Waals surface area contributed by atoms with Crippen LogP contribution in [0.5, 0.6) is 5.75 Å². The first-order chi connectivity index (χ1) is 12.8. The van der Waals surface area contributed by atoms with Crippen molar-refractivity contribution < 1.29 is 22.7 Å². The SMILES string of the molecule is CN=C(NCc1ccc(OCC(F)(F)F)cc1)N1CCCC(CC(N)=O)C1.I. The number of amides is 1. The highest BCUT2D eigenvalue weighted by Crippen LogP contribution is 2.20. The fourth-order valence-electron chi connectivity index (χ4n) is 3.09. The lowest BCUT2D eigenvalue weighted by Crippen LogP contribution is -2.46. The summed E-state index contributed by atoms with van der Waals surface area (Å²) < 4.78 is 41.2. The van der Waals surface area contributed by atoms with E-state index in [1.807, 2.05) is 0 Å². The number of hydrogen-bond donors (Lipinski definition) is 2. The van der Waals surface area contributed by atoms with E-state index in [1.54, 1.807) is 19.2 Å². The molecule has 1 unspecified atom stereocenters. The number of ether oxygens (including phenoxy) is 1. The smallest absolute Gasteiger partial charge is 0.422 e. The number of aliphatic imine (C=N–C) groups is 1. The number of alkyl halides is 3. The van der Waals surface area contributed by atoms with E-state index in [-0.39, 0.29) is 41.6 Å². The van der Waals surface area contributed by atoms with Crippen LogP contribution in [0.1, 0.15) is 24.8 Å². The second-order valence-electron chi connectivity index (χ2n) is 6.57. The largest absolute Gasteiger partial charge is 0.484 e. The van der Waals surface area contributed by atoms with Crippen molar-refractivity contribution in [3.05, 3.63) is 29.8 Å². The number of hydrogen-bond acceptors (Lipinski definition) is 3. The minimum absolute atomic E-state index is 0. The fraction of sp³-hybridized carbons (Fsp3) is 0.556. The minimum atomic E-state index is -4.35. The summed E-state index contributed by atoms with van der Waals surface area (Å²) in [4.78, 5) is 17.5. The lowest BCUT2D eigenvalue weighted by atomic mass is 9.95. The summed E-state index contributed by atoms with van der Waals surface area (Å²) in [6.45, 7) is 0.730. The molecule has 1 aliphatic rings. The summed E-state index contributed by atoms with van der Waals surface area (Å²) in [5.41, 5.74) is 6.18. The number of nitrogens with zero attached hydrogens (tertiary/aromatic N) is 2. The highest BCUT2D eigenvalue weighted by molar-refractivity contribution is 14.0. The predicted octanol–water partition coefficient (Wildman–Crippen LogP) is 2.91. The molecule has 28 heavy (non-hydrogen) atoms. The Kier molecular flexibility index (Phi) is 9.83. The number of primary amides is 1. The molecule has 0 saturated carbocycles. The van der Waals surface area contributed by atoms with E-state index in [4.69, 9.17) is 10.5 Å². The van der Waals surface area contributed by atoms with Gasteiger partial charge in [-0.1, -0.05) is 12.1 Å². The molecule has 6 nitrogen and oxygen atoms in total. The molecule has 0 aromatic heterocycles. The van der Waals surface area contributed by atoms with Gasteiger partial charge in [-0.05, 0) is 36.5 Å². The Morgan fingerprint density at radius 3 is 2.61 bits per heavy atom. The topological polar surface area (TPSA) is 80.0 Å². The van der Waals surface area contributed by atoms with E-state index in [1.165, 1.54) is 12.1 Å². The second kappa shape index (κ2) is 11.3. The Bertz CT molecular complexity index is 653. The molecule has 10 heteroatoms. The van der Waals surface area contributed by atoms with Crippen molar-refractivity contribution in [3.8, 4) is 5.75 Å². The molecule has 1 aromatic carbocycles. The number of likely N-dealkylation sites (tertiary alicyclic amines) is 1. The van der Waals surface area contributed by atoms with Crippen molar-refractivity contribution in [2.45, 2.75) is 32.0 Å². The third kappa shape index (κ3) is 8.53. The Hall–Kier alpha value is -1.72. The van der Waals surface area contributed by atoms with E-state index in [0.29, 0.717) is 19.5 Å². The maximum atomic E-state index is 12.2. The molecule has 1 heterocycles. The lowest BCUT2D eigenvalue weighted by molar-refractivity contribution is -0.153. The fourth-order valence-corrected chi connectivity index (χ4v) is 3.09. The Morgan fingerprint density at radius 2 is 2.04 bits per heavy atom. The zero-order valence-corrected chi connectivity index (χ0v) is 18.0. The van der Waals surface area contributed by atoms with E-state index in [0.717, 1.165) is 30.9 Å². The summed E-state index contributed by atoms with van der Waals surface area (Å²) in [7, 11) is 1.69. The number of nitrogens with two attached hydrogens (primary N) is 1. The predicted molar refractivity (Wildman–Crippen MR) is 112 cm³/mol. The van der Waals surface area contributed by atoms with Crippen molar-refractivity contribution in [2.75, 3.05) is 26.7 Å². The van der Waals surface area contributed by atoms with Gasteiger partial charge in [-0.2, -0.15) is 13.2 Å². The number of benzene rings is 1. The normalized spacial score (nSPS) is 17.6. The van der Waals surface area contributed by atoms with E-state index >= 15 is 0 Å². The molecule has 3 N–H and O–H groups in total. The van der Waals surface area contributed by atoms with Gasteiger partial charge in [0, 0.05) is 33.1 Å². The Balaban J connectivity index is 0.00000392. The molecule has 1 fully saturated rings. The highest BCUT2D eigenvalue weighted by Gasteiger charge is 2.28. The molecule has 1 amide bonds. The van der Waals surface area contributed by atoms with Crippen LogP contribution in [-0.2, 0) is 11.3 Å². The number of guanidine groups is 1. The molecular formula is C18H26F3IN4O2. The average molecular weight is 514 g/mol. The molecule has 0 bridgehead atoms. The van der Waals surface area contributed by atoms with E-state index in [9.17, 15) is 18.0 Å². The van der Waals surface area contributed by atoms with Gasteiger partial charge in [-0.25, -0.2) is 0 Å². The standard InChI is InChI=1S/C18H25F3N4O2.HI/c1-23-17(25-8-2-3-14(11-25)9-16(22)26)24-10-13-4-6-15(7-5-13)27-12-18(19,20)21;/h4-7,14H,2-3,8-12H2,1H3,(H2,22,26)(H,23,24);1H. The van der Waals surface area contributed by atoms with Crippen LogP contribution in [-0.4, -0.2) is 49.7 Å². The molecule has 0 spiro atoms. The van der Waals surface area contributed by atoms with E-state index in [2.05, 4.69) is 15.2 Å². The number of piperidine rings is 1. The van der Waals surface area contributed by atoms with Crippen molar-refractivity contribution in [1.82, 2.24) is 10.2 Å². The summed E-state index contributed by atoms with van der Waals surface area (Å²) >= 11 is 0. The van der Waals surface area contributed by atoms with Gasteiger partial charge in [0.05, 0.1) is 0 Å². The average Bonchev–Trinajstić information content (AvgIpc) is 2.60. The molecular weight excluding hydrogens is 488 g/mol. The maximum Gasteiger partial charge on any atom is 0.422 e. The zero-order chi connectivity index (χ0) is 19.9. The van der Waals surface area contributed by atoms with Gasteiger partial charge in [0.25, 0.3) is 0 Å². The molecule has 2 rings (SSSR count). The number of rotatable bonds is 6. The summed E-state index contributed by atoms with van der Waals surface area (Å²) in [5, 5.41) is 3.24. The zero-order valence-electron chi connectivity index (χ0n) is 15.7. The summed E-state index contributed by atoms with van der Waals surface area (Å²) in [6, 6.07) is 6.43. The van der Waals surface area contributed by atoms with Crippen molar-refractivity contribution in [3.63, 3.8) is 0 Å². The first kappa shape index (κ1) is 24.3. The van der Waals surface area contributed by atoms with Crippen molar-refractivity contribution in [2.24, 2.45) is 16.6 Å². The van der Waals surface area contributed by atoms with Gasteiger partial charge in [0.2, 0.25) is 5.91 Å². The Labute approximate surface area is 179 Å². The van der Waals surface area contributed by atoms with E-state index < -0.39 is 12.8 Å². The van der Waals surface area contributed by atoms with Gasteiger partial charge >= 0.3 is 6.18 Å². The Morgan fingerprint density at radius 1 is 1.36 bits per heavy atom. The first-order valence-corrected chi connectivity index (χ1v) is 8.79. The van der Waals surface area contributed by atoms with Gasteiger partial charge in [-0.15, -0.1) is 24.0 Å². The lowest BCUT2D eigenvalue weighted by Gasteiger charge is -2.34. The van der Waals surface area contributed by atoms with Gasteiger partial charge < -0.3 is 20.7 Å². The third-order valence-corrected chi connectivity index (χ3v) is 4.30. The van der Waals surface area contributed by atoms with Crippen LogP contribution in [0.3, 0.4) is 0 Å². The molecule has 1 aliphatic heterocycles. The summed E-state index contributed by atoms with van der Waals surface area (Å²) in [6.07, 6.45) is -2.06. The number of carbonyl (C=O) groups is 1. The molecule has 0 radical (unpaired) electrons. The molecule has 0 aliphatic carbocycles. The van der Waals surface area contributed by atoms with Gasteiger partial charge in [0.15, 0.2) is 12.6 Å². The van der Waals surface area contributed by atoms with Crippen molar-refractivity contribution in [1.29, 1.82) is 0 Å². The molecule has 1 atom stereocenters. The first-order valence-electron chi connectivity index (χ1n) is 8.79. The monoisotopic (exact) mass is 514 g/mol. The van der Waals surface area contributed by atoms with Crippen LogP contribution >= 0.6 is 24.0 Å². The number of nitrogens with one attached hydrogen (secondary N) is 1. The van der Waals surface area contributed by atoms with Crippen LogP contribution in [0.2, 0.25) is 0 Å². The quantitative estimate of drug-likeness (QED) is 0.348. The molecule has 158 valence electrons. The highest BCUT2D eigenvalue weighted by atomic mass is 127. The molecule has 1 saturated heterocycles. The number of carbonyl (C=O) groups excluding carboxylic acids is 1. The maximum absolute atomic E-state index is 12.2. The summed E-state index contributed by atoms with van der Waals surface area (Å²) in [5.74, 6) is 0.824. The molecule has 1 aromatic rings. The number of halogens is 4. The van der Waals surface area contributed by atoms with Crippen LogP contribution in [0.15, 0.2) is 29.3 Å². The third-order valence-electron chi connectivity index (χ3n) is 4.30. The van der Waals surface area contributed by atoms with Crippen molar-refractivity contribution >= 4 is 35.8 Å². The second-order valence-corrected chi connectivity index (χ2v) is 6.57. The van der Waals surface area contributed by atoms with Gasteiger partial charge in [-0.3, -0.25) is 9.79 Å². The van der Waals surface area contributed by atoms with Crippen LogP contribution < -0.4 is 15.8 Å². The van der Waals surface area contributed by atoms with Crippen LogP contribution in [0.4, 0.5) is 13.2 Å². The van der Waals surface area contributed by atoms with Crippen LogP contribution in [0, 0.1) is 5.92 Å². The minimum Gasteiger partial charge on any atom is -0.484 e. The van der Waals surface area contributed by atoms with Gasteiger partial charge in [0.1, 0.15) is 5.75 Å². The van der Waals surface area contributed by atoms with Crippen LogP contribution in [0.25, 0.3) is 0 Å².